The first-order chi connectivity index (χ1) is 2.00. The van der Waals surface area contributed by atoms with Crippen LogP contribution in [0, 0.1) is 0 Å². The van der Waals surface area contributed by atoms with E-state index in [4.69, 9.17) is 19.2 Å². The molecule has 0 aliphatic heterocycles. The molecule has 0 aliphatic rings. The van der Waals surface area contributed by atoms with E-state index in [9.17, 15) is 0 Å². The van der Waals surface area contributed by atoms with E-state index in [-0.39, 0.29) is 86.8 Å². The Bertz CT molecular complexity index is 62.2. The van der Waals surface area contributed by atoms with Crippen LogP contribution in [0.3, 0.4) is 0 Å². The summed E-state index contributed by atoms with van der Waals surface area (Å²) in [4.78, 5) is 21.6. The van der Waals surface area contributed by atoms with Gasteiger partial charge in [-0.2, -0.15) is 0 Å². The van der Waals surface area contributed by atoms with Crippen molar-refractivity contribution < 1.29 is 19.2 Å². The molecule has 0 aromatic carbocycles. The minimum atomic E-state index is -4.64. The van der Waals surface area contributed by atoms with Gasteiger partial charge in [-0.05, 0) is 0 Å². The van der Waals surface area contributed by atoms with Gasteiger partial charge in [0.15, 0.2) is 0 Å². The number of hydrogen-bond acceptors (Lipinski definition) is 1. The van der Waals surface area contributed by atoms with E-state index in [1.165, 1.54) is 0 Å². The van der Waals surface area contributed by atoms with E-state index in [1.54, 1.807) is 0 Å². The Morgan fingerprint density at radius 1 is 1.12 bits per heavy atom. The van der Waals surface area contributed by atoms with Crippen molar-refractivity contribution in [2.45, 2.75) is 0 Å². The van der Waals surface area contributed by atoms with Gasteiger partial charge in [0, 0.05) is 0 Å². The van der Waals surface area contributed by atoms with Gasteiger partial charge in [-0.3, -0.25) is 0 Å². The summed E-state index contributed by atoms with van der Waals surface area (Å²) in [5, 5.41) is 0. The summed E-state index contributed by atoms with van der Waals surface area (Å²) in [6, 6.07) is 0. The number of hydrogen-bond donors (Lipinski definition) is 3. The van der Waals surface area contributed by atoms with Crippen molar-refractivity contribution in [3.63, 3.8) is 0 Å². The van der Waals surface area contributed by atoms with Crippen LogP contribution >= 0.6 is 20.2 Å². The molecule has 0 saturated carbocycles. The fourth-order valence-electron chi connectivity index (χ4n) is 0. The third-order valence-electron chi connectivity index (χ3n) is 0. The Morgan fingerprint density at radius 3 is 1.12 bits per heavy atom. The molecule has 0 bridgehead atoms. The third kappa shape index (κ3) is 68.2. The molecular weight excluding hydrogens is 194 g/mol. The zero-order chi connectivity index (χ0) is 4.50. The summed E-state index contributed by atoms with van der Waals surface area (Å²) >= 11 is 0. The van der Waals surface area contributed by atoms with Gasteiger partial charge in [0.25, 0.3) is 0 Å². The first kappa shape index (κ1) is 22.4. The van der Waals surface area contributed by atoms with Crippen LogP contribution in [-0.2, 0) is 4.57 Å². The molecule has 3 N–H and O–H groups in total. The monoisotopic (exact) mass is 200 g/mol. The van der Waals surface area contributed by atoms with Crippen LogP contribution < -0.4 is 0 Å². The standard InChI is InChI=1S/ClH.K.Mg.H3O4P.3H/c;;;1-5(2,3)4;;;/h1H;;;(H3,1,2,3,4);;;. The first-order valence-corrected chi connectivity index (χ1v) is 2.35. The van der Waals surface area contributed by atoms with Gasteiger partial charge in [-0.1, -0.05) is 0 Å². The fourth-order valence-corrected chi connectivity index (χ4v) is 0. The van der Waals surface area contributed by atoms with Crippen molar-refractivity contribution in [2.75, 3.05) is 0 Å². The summed E-state index contributed by atoms with van der Waals surface area (Å²) in [6.45, 7) is 0. The van der Waals surface area contributed by atoms with Crippen molar-refractivity contribution in [1.29, 1.82) is 0 Å². The smallest absolute Gasteiger partial charge is 0.316 e. The fraction of sp³-hybridized carbons (Fsp3) is 0. The molecule has 0 aliphatic carbocycles. The van der Waals surface area contributed by atoms with Gasteiger partial charge >= 0.3 is 82.3 Å². The predicted molar refractivity (Wildman–Crippen MR) is 37.2 cm³/mol. The van der Waals surface area contributed by atoms with Crippen molar-refractivity contribution in [3.05, 3.63) is 0 Å². The molecule has 0 saturated heterocycles. The molecule has 0 rings (SSSR count). The van der Waals surface area contributed by atoms with E-state index >= 15 is 0 Å². The molecule has 0 unspecified atom stereocenters. The molecule has 0 amide bonds. The molecule has 0 heterocycles. The summed E-state index contributed by atoms with van der Waals surface area (Å²) in [5.74, 6) is 0. The average molecular weight is 201 g/mol. The molecule has 8 heavy (non-hydrogen) atoms. The van der Waals surface area contributed by atoms with Crippen molar-refractivity contribution in [2.24, 2.45) is 0 Å². The van der Waals surface area contributed by atoms with Crippen LogP contribution in [0.4, 0.5) is 0 Å². The average Bonchev–Trinajstić information content (AvgIpc) is 0.722. The van der Waals surface area contributed by atoms with E-state index in [0.717, 1.165) is 0 Å². The quantitative estimate of drug-likeness (QED) is 0.310. The topological polar surface area (TPSA) is 77.8 Å². The molecule has 0 spiro atoms. The summed E-state index contributed by atoms with van der Waals surface area (Å²) in [7, 11) is -4.64. The van der Waals surface area contributed by atoms with Gasteiger partial charge < -0.3 is 14.7 Å². The normalized spacial score (nSPS) is 7.38. The molecule has 0 aromatic heterocycles. The largest absolute Gasteiger partial charge is 0.316 e. The predicted octanol–water partition coefficient (Wildman–Crippen LogP) is -2.07. The Morgan fingerprint density at radius 2 is 1.12 bits per heavy atom. The Labute approximate surface area is 112 Å². The van der Waals surface area contributed by atoms with Crippen LogP contribution in [0.15, 0.2) is 0 Å². The first-order valence-electron chi connectivity index (χ1n) is 0.783. The molecule has 46 valence electrons. The molecular formula is H7ClKMgO4P. The summed E-state index contributed by atoms with van der Waals surface area (Å²) in [5.41, 5.74) is 0. The SMILES string of the molecule is Cl.O=P(O)(O)O.[KH].[MgH2]. The van der Waals surface area contributed by atoms with Gasteiger partial charge in [0.1, 0.15) is 0 Å². The maximum absolute atomic E-state index is 8.88. The zero-order valence-corrected chi connectivity index (χ0v) is 4.32. The van der Waals surface area contributed by atoms with Gasteiger partial charge in [-0.25, -0.2) is 4.57 Å². The molecule has 4 nitrogen and oxygen atoms in total. The van der Waals surface area contributed by atoms with Crippen LogP contribution in [0.1, 0.15) is 0 Å². The Hall–Kier alpha value is 2.80. The van der Waals surface area contributed by atoms with Crippen LogP contribution in [-0.4, -0.2) is 89.1 Å². The maximum atomic E-state index is 8.88. The Balaban J connectivity index is -0.0000000267. The summed E-state index contributed by atoms with van der Waals surface area (Å²) < 4.78 is 8.88. The number of phosphoric acid groups is 1. The molecule has 0 aromatic rings. The second-order valence-corrected chi connectivity index (χ2v) is 1.54. The van der Waals surface area contributed by atoms with E-state index in [2.05, 4.69) is 0 Å². The van der Waals surface area contributed by atoms with Crippen molar-refractivity contribution in [1.82, 2.24) is 0 Å². The molecule has 0 atom stereocenters. The van der Waals surface area contributed by atoms with E-state index in [0.29, 0.717) is 0 Å². The minimum Gasteiger partial charge on any atom is 0.316 e. The van der Waals surface area contributed by atoms with Crippen LogP contribution in [0.25, 0.3) is 0 Å². The van der Waals surface area contributed by atoms with E-state index in [1.807, 2.05) is 0 Å². The van der Waals surface area contributed by atoms with Crippen LogP contribution in [0.5, 0.6) is 0 Å². The van der Waals surface area contributed by atoms with Gasteiger partial charge in [0.2, 0.25) is 0 Å². The second kappa shape index (κ2) is 9.80. The van der Waals surface area contributed by atoms with Crippen LogP contribution in [0.2, 0.25) is 0 Å². The molecule has 0 fully saturated rings. The Kier molecular flexibility index (Phi) is 27.5. The second-order valence-electron chi connectivity index (χ2n) is 0.513. The van der Waals surface area contributed by atoms with Gasteiger partial charge in [-0.15, -0.1) is 12.4 Å². The third-order valence-corrected chi connectivity index (χ3v) is 0. The van der Waals surface area contributed by atoms with E-state index < -0.39 is 7.82 Å². The molecule has 0 radical (unpaired) electrons. The number of halogens is 1. The maximum Gasteiger partial charge on any atom is 0.316 e. The number of rotatable bonds is 0. The molecule has 8 heteroatoms. The minimum absolute atomic E-state index is 0. The van der Waals surface area contributed by atoms with Gasteiger partial charge in [0.05, 0.1) is 0 Å². The van der Waals surface area contributed by atoms with Crippen molar-refractivity contribution >= 4 is 94.7 Å². The summed E-state index contributed by atoms with van der Waals surface area (Å²) in [6.07, 6.45) is 0. The zero-order valence-electron chi connectivity index (χ0n) is 2.61. The van der Waals surface area contributed by atoms with Crippen molar-refractivity contribution in [3.8, 4) is 0 Å².